The van der Waals surface area contributed by atoms with Gasteiger partial charge in [0.05, 0.1) is 0 Å². The number of carbonyl (C=O) groups is 1. The van der Waals surface area contributed by atoms with Crippen molar-refractivity contribution in [2.45, 2.75) is 70.6 Å². The lowest BCUT2D eigenvalue weighted by Crippen LogP contribution is -2.47. The Kier molecular flexibility index (Phi) is 3.72. The molecule has 1 nitrogen and oxygen atoms in total. The van der Waals surface area contributed by atoms with E-state index in [1.54, 1.807) is 0 Å². The van der Waals surface area contributed by atoms with E-state index in [0.29, 0.717) is 22.5 Å². The molecule has 0 N–H and O–H groups in total. The largest absolute Gasteiger partial charge is 0.295 e. The second-order valence-electron chi connectivity index (χ2n) is 8.71. The number of fused-ring (bicyclic) bond motifs is 5. The predicted octanol–water partition coefficient (Wildman–Crippen LogP) is 5.37. The first-order valence-electron chi connectivity index (χ1n) is 9.38. The Morgan fingerprint density at radius 1 is 1.14 bits per heavy atom. The first-order chi connectivity index (χ1) is 10.5. The molecular formula is C20H29ClO. The second kappa shape index (κ2) is 5.36. The maximum absolute atomic E-state index is 11.7. The van der Waals surface area contributed by atoms with E-state index in [0.717, 1.165) is 36.5 Å². The molecule has 2 heteroatoms. The summed E-state index contributed by atoms with van der Waals surface area (Å²) in [6.45, 7) is 4.75. The molecule has 0 heterocycles. The van der Waals surface area contributed by atoms with Gasteiger partial charge in [0.2, 0.25) is 0 Å². The lowest BCUT2D eigenvalue weighted by Gasteiger charge is -2.54. The van der Waals surface area contributed by atoms with E-state index in [1.165, 1.54) is 44.1 Å². The van der Waals surface area contributed by atoms with E-state index in [4.69, 9.17) is 11.6 Å². The van der Waals surface area contributed by atoms with Crippen molar-refractivity contribution in [3.8, 4) is 0 Å². The average molecular weight is 321 g/mol. The average Bonchev–Trinajstić information content (AvgIpc) is 2.84. The zero-order valence-corrected chi connectivity index (χ0v) is 14.7. The first kappa shape index (κ1) is 15.2. The number of hydrogen-bond donors (Lipinski definition) is 0. The number of carbonyl (C=O) groups excluding carboxylic acids is 1. The Hall–Kier alpha value is -0.300. The lowest BCUT2D eigenvalue weighted by atomic mass is 9.51. The van der Waals surface area contributed by atoms with E-state index < -0.39 is 0 Å². The highest BCUT2D eigenvalue weighted by Crippen LogP contribution is 2.64. The van der Waals surface area contributed by atoms with Crippen molar-refractivity contribution >= 4 is 17.4 Å². The van der Waals surface area contributed by atoms with Gasteiger partial charge in [-0.3, -0.25) is 4.79 Å². The molecule has 0 aromatic carbocycles. The molecule has 0 saturated heterocycles. The molecular weight excluding hydrogens is 292 g/mol. The van der Waals surface area contributed by atoms with Gasteiger partial charge in [0.1, 0.15) is 0 Å². The van der Waals surface area contributed by atoms with Gasteiger partial charge in [-0.05, 0) is 93.0 Å². The molecule has 1 unspecified atom stereocenters. The maximum atomic E-state index is 11.7. The zero-order valence-electron chi connectivity index (χ0n) is 14.0. The molecule has 4 rings (SSSR count). The van der Waals surface area contributed by atoms with Gasteiger partial charge in [-0.1, -0.05) is 12.5 Å². The minimum atomic E-state index is 0.317. The molecule has 0 aliphatic heterocycles. The maximum Gasteiger partial charge on any atom is 0.155 e. The van der Waals surface area contributed by atoms with Crippen LogP contribution >= 0.6 is 11.6 Å². The smallest absolute Gasteiger partial charge is 0.155 e. The highest BCUT2D eigenvalue weighted by Gasteiger charge is 2.56. The van der Waals surface area contributed by atoms with Crippen molar-refractivity contribution in [3.05, 3.63) is 11.6 Å². The number of allylic oxidation sites excluding steroid dienone is 1. The molecule has 3 saturated carbocycles. The highest BCUT2D eigenvalue weighted by atomic mass is 35.5. The van der Waals surface area contributed by atoms with Gasteiger partial charge in [-0.2, -0.15) is 0 Å². The quantitative estimate of drug-likeness (QED) is 0.593. The predicted molar refractivity (Wildman–Crippen MR) is 90.9 cm³/mol. The Bertz CT molecular complexity index is 508. The minimum Gasteiger partial charge on any atom is -0.295 e. The van der Waals surface area contributed by atoms with Gasteiger partial charge in [-0.25, -0.2) is 0 Å². The Morgan fingerprint density at radius 2 is 1.95 bits per heavy atom. The molecule has 0 bridgehead atoms. The van der Waals surface area contributed by atoms with Crippen LogP contribution in [0.15, 0.2) is 11.6 Å². The fraction of sp³-hybridized carbons (Fsp3) is 0.850. The summed E-state index contributed by atoms with van der Waals surface area (Å²) in [4.78, 5) is 11.7. The van der Waals surface area contributed by atoms with Crippen LogP contribution < -0.4 is 0 Å². The molecule has 122 valence electrons. The fourth-order valence-electron chi connectivity index (χ4n) is 6.98. The van der Waals surface area contributed by atoms with Crippen LogP contribution in [0.5, 0.6) is 0 Å². The summed E-state index contributed by atoms with van der Waals surface area (Å²) in [5.74, 6) is 4.46. The van der Waals surface area contributed by atoms with Gasteiger partial charge in [0, 0.05) is 11.8 Å². The number of ketones is 1. The van der Waals surface area contributed by atoms with Gasteiger partial charge in [-0.15, -0.1) is 11.6 Å². The van der Waals surface area contributed by atoms with Crippen LogP contribution in [0.2, 0.25) is 0 Å². The number of halogens is 1. The van der Waals surface area contributed by atoms with Crippen LogP contribution in [-0.4, -0.2) is 11.2 Å². The molecule has 4 aliphatic carbocycles. The van der Waals surface area contributed by atoms with Crippen molar-refractivity contribution in [2.75, 3.05) is 0 Å². The summed E-state index contributed by atoms with van der Waals surface area (Å²) in [5.41, 5.74) is 1.98. The van der Waals surface area contributed by atoms with E-state index >= 15 is 0 Å². The molecule has 22 heavy (non-hydrogen) atoms. The first-order valence-corrected chi connectivity index (χ1v) is 9.81. The minimum absolute atomic E-state index is 0.317. The molecule has 0 spiro atoms. The third-order valence-electron chi connectivity index (χ3n) is 7.93. The summed E-state index contributed by atoms with van der Waals surface area (Å²) in [5, 5.41) is 0.317. The lowest BCUT2D eigenvalue weighted by molar-refractivity contribution is -0.116. The normalized spacial score (nSPS) is 49.0. The SMILES string of the molecule is CC(Cl)[C@H]1CC[C@H]2[C@@H]3CCC4=CC(=O)CC[C@@H]4[C@H]3CC[C@]12C. The van der Waals surface area contributed by atoms with Gasteiger partial charge >= 0.3 is 0 Å². The van der Waals surface area contributed by atoms with Crippen molar-refractivity contribution < 1.29 is 4.79 Å². The number of alkyl halides is 1. The molecule has 3 fully saturated rings. The topological polar surface area (TPSA) is 17.1 Å². The van der Waals surface area contributed by atoms with E-state index in [2.05, 4.69) is 13.8 Å². The molecule has 0 aromatic heterocycles. The van der Waals surface area contributed by atoms with E-state index in [9.17, 15) is 4.79 Å². The van der Waals surface area contributed by atoms with Gasteiger partial charge in [0.25, 0.3) is 0 Å². The summed E-state index contributed by atoms with van der Waals surface area (Å²) in [6.07, 6.45) is 11.9. The Morgan fingerprint density at radius 3 is 2.73 bits per heavy atom. The Balaban J connectivity index is 1.61. The zero-order chi connectivity index (χ0) is 15.5. The van der Waals surface area contributed by atoms with Crippen LogP contribution in [0.1, 0.15) is 65.2 Å². The Labute approximate surface area is 139 Å². The standard InChI is InChI=1S/C20H29ClO/c1-12(21)18-7-8-19-17-5-3-13-11-14(22)4-6-15(13)16(17)9-10-20(18,19)2/h11-12,15-19H,3-10H2,1-2H3/t12?,15-,16+,17+,18+,19-,20+/m0/s1. The van der Waals surface area contributed by atoms with Crippen LogP contribution in [0.25, 0.3) is 0 Å². The number of rotatable bonds is 1. The van der Waals surface area contributed by atoms with E-state index in [-0.39, 0.29) is 0 Å². The summed E-state index contributed by atoms with van der Waals surface area (Å²) in [7, 11) is 0. The molecule has 0 radical (unpaired) electrons. The summed E-state index contributed by atoms with van der Waals surface area (Å²) in [6, 6.07) is 0. The van der Waals surface area contributed by atoms with Crippen LogP contribution in [-0.2, 0) is 4.79 Å². The fourth-order valence-corrected chi connectivity index (χ4v) is 7.39. The van der Waals surface area contributed by atoms with Crippen LogP contribution in [0.3, 0.4) is 0 Å². The third-order valence-corrected chi connectivity index (χ3v) is 8.23. The van der Waals surface area contributed by atoms with Crippen molar-refractivity contribution in [1.82, 2.24) is 0 Å². The van der Waals surface area contributed by atoms with Crippen LogP contribution in [0, 0.1) is 35.0 Å². The van der Waals surface area contributed by atoms with E-state index in [1.807, 2.05) is 6.08 Å². The van der Waals surface area contributed by atoms with Crippen molar-refractivity contribution in [3.63, 3.8) is 0 Å². The summed E-state index contributed by atoms with van der Waals surface area (Å²) >= 11 is 6.55. The second-order valence-corrected chi connectivity index (χ2v) is 9.40. The highest BCUT2D eigenvalue weighted by molar-refractivity contribution is 6.20. The molecule has 4 aliphatic rings. The van der Waals surface area contributed by atoms with Crippen LogP contribution in [0.4, 0.5) is 0 Å². The molecule has 7 atom stereocenters. The monoisotopic (exact) mass is 320 g/mol. The van der Waals surface area contributed by atoms with Gasteiger partial charge < -0.3 is 0 Å². The molecule has 0 aromatic rings. The molecule has 0 amide bonds. The van der Waals surface area contributed by atoms with Gasteiger partial charge in [0.15, 0.2) is 5.78 Å². The van der Waals surface area contributed by atoms with Crippen molar-refractivity contribution in [2.24, 2.45) is 35.0 Å². The summed E-state index contributed by atoms with van der Waals surface area (Å²) < 4.78 is 0. The van der Waals surface area contributed by atoms with Crippen molar-refractivity contribution in [1.29, 1.82) is 0 Å². The third kappa shape index (κ3) is 2.14. The number of hydrogen-bond acceptors (Lipinski definition) is 1.